The highest BCUT2D eigenvalue weighted by Crippen LogP contribution is 2.28. The Bertz CT molecular complexity index is 575. The van der Waals surface area contributed by atoms with Gasteiger partial charge in [0, 0.05) is 0 Å². The Morgan fingerprint density at radius 2 is 1.90 bits per heavy atom. The van der Waals surface area contributed by atoms with Crippen LogP contribution in [-0.4, -0.2) is 10.9 Å². The Kier molecular flexibility index (Phi) is 5.51. The van der Waals surface area contributed by atoms with Crippen molar-refractivity contribution in [1.29, 1.82) is 0 Å². The molecule has 112 valence electrons. The number of thiazole rings is 1. The first-order valence-electron chi connectivity index (χ1n) is 7.43. The first kappa shape index (κ1) is 15.7. The second-order valence-corrected chi connectivity index (χ2v) is 6.06. The third-order valence-electron chi connectivity index (χ3n) is 3.92. The van der Waals surface area contributed by atoms with Gasteiger partial charge in [0.15, 0.2) is 0 Å². The maximum absolute atomic E-state index is 12.5. The Labute approximate surface area is 130 Å². The third kappa shape index (κ3) is 3.70. The van der Waals surface area contributed by atoms with Gasteiger partial charge in [-0.05, 0) is 18.4 Å². The summed E-state index contributed by atoms with van der Waals surface area (Å²) in [5.41, 5.74) is 3.69. The average Bonchev–Trinajstić information content (AvgIpc) is 2.94. The van der Waals surface area contributed by atoms with Gasteiger partial charge in [-0.3, -0.25) is 4.79 Å². The molecule has 0 spiro atoms. The Morgan fingerprint density at radius 3 is 2.43 bits per heavy atom. The lowest BCUT2D eigenvalue weighted by Gasteiger charge is -2.26. The van der Waals surface area contributed by atoms with E-state index in [-0.39, 0.29) is 11.9 Å². The highest BCUT2D eigenvalue weighted by Gasteiger charge is 2.24. The van der Waals surface area contributed by atoms with Gasteiger partial charge in [-0.2, -0.15) is 0 Å². The van der Waals surface area contributed by atoms with Gasteiger partial charge < -0.3 is 5.32 Å². The molecule has 0 fully saturated rings. The van der Waals surface area contributed by atoms with E-state index in [1.54, 1.807) is 5.51 Å². The van der Waals surface area contributed by atoms with Gasteiger partial charge >= 0.3 is 0 Å². The number of carbonyl (C=O) groups is 1. The van der Waals surface area contributed by atoms with E-state index < -0.39 is 0 Å². The van der Waals surface area contributed by atoms with Crippen molar-refractivity contribution in [3.63, 3.8) is 0 Å². The number of aryl methyl sites for hydroxylation is 1. The van der Waals surface area contributed by atoms with Crippen LogP contribution in [0.4, 0.5) is 0 Å². The van der Waals surface area contributed by atoms with Crippen LogP contribution in [0.2, 0.25) is 0 Å². The molecular formula is C17H22N2OS. The van der Waals surface area contributed by atoms with Crippen molar-refractivity contribution in [1.82, 2.24) is 10.3 Å². The highest BCUT2D eigenvalue weighted by molar-refractivity contribution is 7.11. The minimum absolute atomic E-state index is 0.0178. The number of hydrogen-bond donors (Lipinski definition) is 1. The number of hydrogen-bond acceptors (Lipinski definition) is 3. The molecule has 1 N–H and O–H groups in total. The molecule has 2 aromatic rings. The fourth-order valence-corrected chi connectivity index (χ4v) is 3.33. The molecule has 2 rings (SSSR count). The summed E-state index contributed by atoms with van der Waals surface area (Å²) in [6.07, 6.45) is 2.08. The molecule has 3 nitrogen and oxygen atoms in total. The Morgan fingerprint density at radius 1 is 1.24 bits per heavy atom. The van der Waals surface area contributed by atoms with Crippen LogP contribution in [0.15, 0.2) is 35.8 Å². The zero-order valence-electron chi connectivity index (χ0n) is 12.8. The maximum atomic E-state index is 12.5. The van der Waals surface area contributed by atoms with Gasteiger partial charge in [0.25, 0.3) is 5.91 Å². The van der Waals surface area contributed by atoms with E-state index >= 15 is 0 Å². The van der Waals surface area contributed by atoms with E-state index in [4.69, 9.17) is 0 Å². The summed E-state index contributed by atoms with van der Waals surface area (Å²) >= 11 is 1.40. The van der Waals surface area contributed by atoms with Gasteiger partial charge in [0.2, 0.25) is 0 Å². The molecule has 1 amide bonds. The fourth-order valence-electron chi connectivity index (χ4n) is 2.62. The van der Waals surface area contributed by atoms with Crippen LogP contribution in [0.1, 0.15) is 53.7 Å². The molecule has 0 aliphatic carbocycles. The molecular weight excluding hydrogens is 280 g/mol. The minimum atomic E-state index is -0.0178. The molecule has 1 aromatic carbocycles. The Balaban J connectivity index is 2.24. The molecule has 4 heteroatoms. The average molecular weight is 302 g/mol. The van der Waals surface area contributed by atoms with Crippen LogP contribution in [0.3, 0.4) is 0 Å². The van der Waals surface area contributed by atoms with E-state index in [0.29, 0.717) is 10.8 Å². The van der Waals surface area contributed by atoms with Gasteiger partial charge in [-0.15, -0.1) is 11.3 Å². The molecule has 0 radical (unpaired) electrons. The first-order valence-corrected chi connectivity index (χ1v) is 8.31. The van der Waals surface area contributed by atoms with Crippen LogP contribution in [0, 0.1) is 12.8 Å². The van der Waals surface area contributed by atoms with E-state index in [1.807, 2.05) is 25.1 Å². The molecule has 0 saturated carbocycles. The molecule has 0 aliphatic heterocycles. The molecule has 1 atom stereocenters. The van der Waals surface area contributed by atoms with Crippen molar-refractivity contribution in [3.8, 4) is 0 Å². The molecule has 1 aromatic heterocycles. The maximum Gasteiger partial charge on any atom is 0.263 e. The zero-order chi connectivity index (χ0) is 15.2. The molecule has 0 saturated heterocycles. The monoisotopic (exact) mass is 302 g/mol. The second kappa shape index (κ2) is 7.36. The number of rotatable bonds is 6. The Hall–Kier alpha value is -1.68. The number of benzene rings is 1. The van der Waals surface area contributed by atoms with Crippen molar-refractivity contribution in [2.45, 2.75) is 39.7 Å². The fraction of sp³-hybridized carbons (Fsp3) is 0.412. The lowest BCUT2D eigenvalue weighted by molar-refractivity contribution is 0.0922. The van der Waals surface area contributed by atoms with Gasteiger partial charge in [-0.25, -0.2) is 4.98 Å². The molecule has 0 bridgehead atoms. The number of aromatic nitrogens is 1. The normalized spacial score (nSPS) is 12.4. The topological polar surface area (TPSA) is 42.0 Å². The summed E-state index contributed by atoms with van der Waals surface area (Å²) < 4.78 is 0. The summed E-state index contributed by atoms with van der Waals surface area (Å²) in [5, 5.41) is 3.21. The SMILES string of the molecule is CCC(CC)C(NC(=O)c1scnc1C)c1ccccc1. The number of amides is 1. The molecule has 1 unspecified atom stereocenters. The van der Waals surface area contributed by atoms with Crippen LogP contribution in [0.5, 0.6) is 0 Å². The van der Waals surface area contributed by atoms with E-state index in [1.165, 1.54) is 16.9 Å². The zero-order valence-corrected chi connectivity index (χ0v) is 13.6. The van der Waals surface area contributed by atoms with Crippen molar-refractivity contribution in [3.05, 3.63) is 52.0 Å². The van der Waals surface area contributed by atoms with Gasteiger partial charge in [-0.1, -0.05) is 57.0 Å². The van der Waals surface area contributed by atoms with Crippen LogP contribution >= 0.6 is 11.3 Å². The van der Waals surface area contributed by atoms with Crippen LogP contribution < -0.4 is 5.32 Å². The lowest BCUT2D eigenvalue weighted by atomic mass is 9.88. The summed E-state index contributed by atoms with van der Waals surface area (Å²) in [7, 11) is 0. The largest absolute Gasteiger partial charge is 0.344 e. The molecule has 1 heterocycles. The van der Waals surface area contributed by atoms with E-state index in [0.717, 1.165) is 18.5 Å². The van der Waals surface area contributed by atoms with E-state index in [9.17, 15) is 4.79 Å². The predicted octanol–water partition coefficient (Wildman–Crippen LogP) is 4.36. The number of carbonyl (C=O) groups excluding carboxylic acids is 1. The summed E-state index contributed by atoms with van der Waals surface area (Å²) in [4.78, 5) is 17.4. The lowest BCUT2D eigenvalue weighted by Crippen LogP contribution is -2.33. The van der Waals surface area contributed by atoms with Crippen LogP contribution in [0.25, 0.3) is 0 Å². The van der Waals surface area contributed by atoms with Crippen LogP contribution in [-0.2, 0) is 0 Å². The van der Waals surface area contributed by atoms with Gasteiger partial charge in [0.05, 0.1) is 17.2 Å². The van der Waals surface area contributed by atoms with Crippen molar-refractivity contribution < 1.29 is 4.79 Å². The smallest absolute Gasteiger partial charge is 0.263 e. The number of nitrogens with zero attached hydrogens (tertiary/aromatic N) is 1. The molecule has 21 heavy (non-hydrogen) atoms. The van der Waals surface area contributed by atoms with E-state index in [2.05, 4.69) is 36.3 Å². The number of nitrogens with one attached hydrogen (secondary N) is 1. The van der Waals surface area contributed by atoms with Crippen molar-refractivity contribution in [2.24, 2.45) is 5.92 Å². The standard InChI is InChI=1S/C17H22N2OS/c1-4-13(5-2)15(14-9-7-6-8-10-14)19-17(20)16-12(3)18-11-21-16/h6-11,13,15H,4-5H2,1-3H3,(H,19,20). The quantitative estimate of drug-likeness (QED) is 0.861. The van der Waals surface area contributed by atoms with Crippen molar-refractivity contribution in [2.75, 3.05) is 0 Å². The highest BCUT2D eigenvalue weighted by atomic mass is 32.1. The summed E-state index contributed by atoms with van der Waals surface area (Å²) in [6.45, 7) is 6.22. The summed E-state index contributed by atoms with van der Waals surface area (Å²) in [5.74, 6) is 0.417. The summed E-state index contributed by atoms with van der Waals surface area (Å²) in [6, 6.07) is 10.3. The third-order valence-corrected chi connectivity index (χ3v) is 4.84. The predicted molar refractivity (Wildman–Crippen MR) is 87.6 cm³/mol. The second-order valence-electron chi connectivity index (χ2n) is 5.21. The first-order chi connectivity index (χ1) is 10.2. The molecule has 0 aliphatic rings. The van der Waals surface area contributed by atoms with Crippen molar-refractivity contribution >= 4 is 17.2 Å². The van der Waals surface area contributed by atoms with Gasteiger partial charge in [0.1, 0.15) is 4.88 Å². The minimum Gasteiger partial charge on any atom is -0.344 e.